The smallest absolute Gasteiger partial charge is 0.326 e. The molecule has 118 valence electrons. The van der Waals surface area contributed by atoms with Gasteiger partial charge in [0.15, 0.2) is 5.65 Å². The molecule has 9 heteroatoms. The van der Waals surface area contributed by atoms with Crippen LogP contribution < -0.4 is 11.1 Å². The zero-order chi connectivity index (χ0) is 16.4. The minimum atomic E-state index is -0.860. The van der Waals surface area contributed by atoms with E-state index >= 15 is 0 Å². The molecule has 0 atom stereocenters. The number of carbonyl (C=O) groups excluding carboxylic acids is 1. The molecule has 1 N–H and O–H groups in total. The number of hydrogen-bond donors (Lipinski definition) is 1. The topological polar surface area (TPSA) is 112 Å². The summed E-state index contributed by atoms with van der Waals surface area (Å²) in [5.74, 6) is -0.115. The molecule has 0 amide bonds. The molecule has 0 saturated carbocycles. The molecule has 0 fully saturated rings. The van der Waals surface area contributed by atoms with Gasteiger partial charge in [0.1, 0.15) is 18.7 Å². The number of hydrogen-bond acceptors (Lipinski definition) is 6. The Balaban J connectivity index is 2.20. The van der Waals surface area contributed by atoms with Crippen molar-refractivity contribution in [1.29, 1.82) is 0 Å². The van der Waals surface area contributed by atoms with E-state index in [1.807, 2.05) is 0 Å². The normalized spacial score (nSPS) is 10.8. The van der Waals surface area contributed by atoms with E-state index in [0.717, 1.165) is 4.57 Å². The first-order chi connectivity index (χ1) is 11.1. The Morgan fingerprint density at radius 1 is 1.35 bits per heavy atom. The summed E-state index contributed by atoms with van der Waals surface area (Å²) < 4.78 is 7.49. The Kier molecular flexibility index (Phi) is 3.75. The third-order valence-electron chi connectivity index (χ3n) is 3.17. The first-order valence-corrected chi connectivity index (χ1v) is 6.88. The summed E-state index contributed by atoms with van der Waals surface area (Å²) >= 11 is 0. The number of H-pyrrole nitrogens is 1. The summed E-state index contributed by atoms with van der Waals surface area (Å²) in [7, 11) is 0. The van der Waals surface area contributed by atoms with E-state index in [-0.39, 0.29) is 18.8 Å². The zero-order valence-electron chi connectivity index (χ0n) is 12.2. The summed E-state index contributed by atoms with van der Waals surface area (Å²) in [5, 5.41) is 0. The minimum Gasteiger partial charge on any atom is -0.465 e. The molecule has 0 aliphatic carbocycles. The molecule has 23 heavy (non-hydrogen) atoms. The van der Waals surface area contributed by atoms with Crippen LogP contribution in [0.2, 0.25) is 0 Å². The van der Waals surface area contributed by atoms with Crippen molar-refractivity contribution in [2.45, 2.75) is 13.5 Å². The van der Waals surface area contributed by atoms with E-state index in [1.54, 1.807) is 42.3 Å². The first-order valence-electron chi connectivity index (χ1n) is 6.88. The van der Waals surface area contributed by atoms with Gasteiger partial charge in [-0.05, 0) is 19.1 Å². The number of rotatable bonds is 4. The second-order valence-corrected chi connectivity index (χ2v) is 4.66. The molecular weight excluding hydrogens is 302 g/mol. The van der Waals surface area contributed by atoms with Gasteiger partial charge in [0.05, 0.1) is 12.1 Å². The average molecular weight is 315 g/mol. The van der Waals surface area contributed by atoms with Crippen LogP contribution in [0.3, 0.4) is 0 Å². The molecular formula is C14H13N5O4. The number of nitrogens with zero attached hydrogens (tertiary/aromatic N) is 4. The fourth-order valence-corrected chi connectivity index (χ4v) is 2.16. The third kappa shape index (κ3) is 2.76. The van der Waals surface area contributed by atoms with Crippen molar-refractivity contribution in [3.8, 4) is 5.82 Å². The largest absolute Gasteiger partial charge is 0.465 e. The molecule has 0 spiro atoms. The van der Waals surface area contributed by atoms with Crippen molar-refractivity contribution in [3.63, 3.8) is 0 Å². The highest BCUT2D eigenvalue weighted by Gasteiger charge is 2.14. The van der Waals surface area contributed by atoms with Crippen LogP contribution in [0.25, 0.3) is 17.0 Å². The fourth-order valence-electron chi connectivity index (χ4n) is 2.16. The Morgan fingerprint density at radius 2 is 2.17 bits per heavy atom. The summed E-state index contributed by atoms with van der Waals surface area (Å²) in [6.07, 6.45) is 4.83. The third-order valence-corrected chi connectivity index (χ3v) is 3.17. The van der Waals surface area contributed by atoms with Gasteiger partial charge in [0.25, 0.3) is 0 Å². The summed E-state index contributed by atoms with van der Waals surface area (Å²) in [5.41, 5.74) is -1.14. The summed E-state index contributed by atoms with van der Waals surface area (Å²) in [6.45, 7) is 1.46. The lowest BCUT2D eigenvalue weighted by molar-refractivity contribution is -0.143. The highest BCUT2D eigenvalue weighted by atomic mass is 16.5. The number of carbonyl (C=O) groups is 1. The van der Waals surface area contributed by atoms with Gasteiger partial charge in [-0.1, -0.05) is 0 Å². The van der Waals surface area contributed by atoms with Crippen LogP contribution in [0.5, 0.6) is 0 Å². The van der Waals surface area contributed by atoms with Gasteiger partial charge < -0.3 is 9.72 Å². The van der Waals surface area contributed by atoms with E-state index in [0.29, 0.717) is 11.3 Å². The van der Waals surface area contributed by atoms with E-state index in [9.17, 15) is 14.4 Å². The second-order valence-electron chi connectivity index (χ2n) is 4.66. The molecule has 0 saturated heterocycles. The van der Waals surface area contributed by atoms with Crippen LogP contribution in [0.4, 0.5) is 0 Å². The Labute approximate surface area is 129 Å². The number of aromatic amines is 1. The van der Waals surface area contributed by atoms with Crippen LogP contribution in [0.15, 0.2) is 40.4 Å². The number of fused-ring (bicyclic) bond motifs is 1. The molecule has 3 rings (SSSR count). The van der Waals surface area contributed by atoms with E-state index in [1.165, 1.54) is 0 Å². The van der Waals surface area contributed by atoms with Gasteiger partial charge in [-0.25, -0.2) is 9.97 Å². The van der Waals surface area contributed by atoms with Gasteiger partial charge in [-0.2, -0.15) is 0 Å². The fraction of sp³-hybridized carbons (Fsp3) is 0.214. The van der Waals surface area contributed by atoms with Crippen LogP contribution in [0, 0.1) is 0 Å². The van der Waals surface area contributed by atoms with Crippen molar-refractivity contribution in [2.24, 2.45) is 0 Å². The van der Waals surface area contributed by atoms with E-state index < -0.39 is 17.1 Å². The van der Waals surface area contributed by atoms with Gasteiger partial charge >= 0.3 is 17.1 Å². The second kappa shape index (κ2) is 5.87. The maximum Gasteiger partial charge on any atom is 0.326 e. The van der Waals surface area contributed by atoms with Crippen LogP contribution in [0.1, 0.15) is 6.92 Å². The van der Waals surface area contributed by atoms with Gasteiger partial charge in [-0.3, -0.25) is 23.5 Å². The molecule has 3 aromatic rings. The highest BCUT2D eigenvalue weighted by molar-refractivity contribution is 5.75. The van der Waals surface area contributed by atoms with Crippen molar-refractivity contribution >= 4 is 17.1 Å². The number of imidazole rings is 1. The molecule has 0 radical (unpaired) electrons. The lowest BCUT2D eigenvalue weighted by Gasteiger charge is -2.09. The highest BCUT2D eigenvalue weighted by Crippen LogP contribution is 2.10. The SMILES string of the molecule is CCOC(=O)Cn1c(=O)c(=O)[nH]c2ccc(-n3ccnc3)nc21. The van der Waals surface area contributed by atoms with Crippen LogP contribution in [-0.2, 0) is 16.1 Å². The molecule has 0 aliphatic rings. The Hall–Kier alpha value is -3.23. The summed E-state index contributed by atoms with van der Waals surface area (Å²) in [6, 6.07) is 3.28. The molecule has 0 unspecified atom stereocenters. The lowest BCUT2D eigenvalue weighted by Crippen LogP contribution is -2.38. The Bertz CT molecular complexity index is 971. The van der Waals surface area contributed by atoms with E-state index in [4.69, 9.17) is 4.74 Å². The number of ether oxygens (including phenoxy) is 1. The molecule has 9 nitrogen and oxygen atoms in total. The summed E-state index contributed by atoms with van der Waals surface area (Å²) in [4.78, 5) is 46.2. The molecule has 3 heterocycles. The van der Waals surface area contributed by atoms with Crippen LogP contribution >= 0.6 is 0 Å². The maximum absolute atomic E-state index is 12.1. The zero-order valence-corrected chi connectivity index (χ0v) is 12.2. The van der Waals surface area contributed by atoms with Crippen LogP contribution in [-0.4, -0.2) is 36.7 Å². The predicted octanol–water partition coefficient (Wildman–Crippen LogP) is -0.166. The van der Waals surface area contributed by atoms with Crippen molar-refractivity contribution in [1.82, 2.24) is 24.1 Å². The lowest BCUT2D eigenvalue weighted by atomic mass is 10.4. The van der Waals surface area contributed by atoms with Crippen molar-refractivity contribution in [3.05, 3.63) is 51.6 Å². The first kappa shape index (κ1) is 14.7. The predicted molar refractivity (Wildman–Crippen MR) is 80.4 cm³/mol. The molecule has 3 aromatic heterocycles. The standard InChI is InChI=1S/C14H13N5O4/c1-2-23-11(20)7-19-12-9(16-13(21)14(19)22)3-4-10(17-12)18-6-5-15-8-18/h3-6,8H,2,7H2,1H3,(H,16,21). The average Bonchev–Trinajstić information content (AvgIpc) is 3.06. The number of aromatic nitrogens is 5. The van der Waals surface area contributed by atoms with Gasteiger partial charge in [-0.15, -0.1) is 0 Å². The number of nitrogens with one attached hydrogen (secondary N) is 1. The monoisotopic (exact) mass is 315 g/mol. The Morgan fingerprint density at radius 3 is 2.87 bits per heavy atom. The van der Waals surface area contributed by atoms with E-state index in [2.05, 4.69) is 15.0 Å². The molecule has 0 aliphatic heterocycles. The van der Waals surface area contributed by atoms with Crippen molar-refractivity contribution < 1.29 is 9.53 Å². The maximum atomic E-state index is 12.1. The quantitative estimate of drug-likeness (QED) is 0.528. The number of pyridine rings is 1. The minimum absolute atomic E-state index is 0.183. The molecule has 0 bridgehead atoms. The van der Waals surface area contributed by atoms with Gasteiger partial charge in [0, 0.05) is 12.4 Å². The number of esters is 1. The molecule has 0 aromatic carbocycles. The van der Waals surface area contributed by atoms with Crippen molar-refractivity contribution in [2.75, 3.05) is 6.61 Å². The van der Waals surface area contributed by atoms with Gasteiger partial charge in [0.2, 0.25) is 0 Å².